The van der Waals surface area contributed by atoms with Crippen LogP contribution in [-0.4, -0.2) is 42.2 Å². The normalized spacial score (nSPS) is 11.0. The quantitative estimate of drug-likeness (QED) is 0.505. The summed E-state index contributed by atoms with van der Waals surface area (Å²) in [5.41, 5.74) is 0.718. The summed E-state index contributed by atoms with van der Waals surface area (Å²) in [5, 5.41) is 15.3. The summed E-state index contributed by atoms with van der Waals surface area (Å²) in [5.74, 6) is -0.327. The minimum absolute atomic E-state index is 0.0699. The molecule has 0 atom stereocenters. The number of thiophene rings is 1. The maximum absolute atomic E-state index is 12.4. The highest BCUT2D eigenvalue weighted by atomic mass is 32.1. The molecule has 4 aromatic rings. The van der Waals surface area contributed by atoms with Crippen LogP contribution in [0.5, 0.6) is 0 Å². The number of tetrazole rings is 1. The topological polar surface area (TPSA) is 128 Å². The molecule has 0 saturated carbocycles. The van der Waals surface area contributed by atoms with E-state index in [9.17, 15) is 14.4 Å². The number of aromatic nitrogens is 6. The molecule has 0 aliphatic heterocycles. The van der Waals surface area contributed by atoms with Crippen LogP contribution in [0.4, 0.5) is 0 Å². The Morgan fingerprint density at radius 1 is 1.26 bits per heavy atom. The maximum atomic E-state index is 12.4. The zero-order chi connectivity index (χ0) is 18.8. The predicted molar refractivity (Wildman–Crippen MR) is 98.2 cm³/mol. The number of H-pyrrole nitrogens is 1. The molecule has 0 radical (unpaired) electrons. The lowest BCUT2D eigenvalue weighted by molar-refractivity contribution is 0.0952. The Morgan fingerprint density at radius 3 is 2.96 bits per heavy atom. The van der Waals surface area contributed by atoms with Gasteiger partial charge in [-0.3, -0.25) is 14.2 Å². The molecular weight excluding hydrogens is 370 g/mol. The van der Waals surface area contributed by atoms with Crippen molar-refractivity contribution in [3.63, 3.8) is 0 Å². The molecule has 0 aliphatic rings. The number of nitrogens with zero attached hydrogens (tertiary/aromatic N) is 5. The van der Waals surface area contributed by atoms with Crippen LogP contribution in [0.15, 0.2) is 51.6 Å². The van der Waals surface area contributed by atoms with Crippen molar-refractivity contribution in [1.29, 1.82) is 0 Å². The second-order valence-corrected chi connectivity index (χ2v) is 6.53. The lowest BCUT2D eigenvalue weighted by Crippen LogP contribution is -2.38. The largest absolute Gasteiger partial charge is 0.350 e. The van der Waals surface area contributed by atoms with Gasteiger partial charge in [0, 0.05) is 18.7 Å². The Bertz CT molecular complexity index is 1220. The molecule has 0 bridgehead atoms. The molecule has 3 aromatic heterocycles. The van der Waals surface area contributed by atoms with E-state index < -0.39 is 5.69 Å². The SMILES string of the molecule is O=C(NCCn1c(=O)[nH]c2ccsc2c1=O)c1cccc(-n2cnnn2)c1. The smallest absolute Gasteiger partial charge is 0.328 e. The summed E-state index contributed by atoms with van der Waals surface area (Å²) in [6, 6.07) is 8.46. The highest BCUT2D eigenvalue weighted by molar-refractivity contribution is 7.17. The van der Waals surface area contributed by atoms with Crippen molar-refractivity contribution < 1.29 is 4.79 Å². The number of carbonyl (C=O) groups is 1. The molecule has 10 nitrogen and oxygen atoms in total. The first-order valence-electron chi connectivity index (χ1n) is 7.95. The molecule has 27 heavy (non-hydrogen) atoms. The van der Waals surface area contributed by atoms with Gasteiger partial charge in [-0.2, -0.15) is 0 Å². The fraction of sp³-hybridized carbons (Fsp3) is 0.125. The Hall–Kier alpha value is -3.60. The molecule has 1 aromatic carbocycles. The van der Waals surface area contributed by atoms with E-state index in [0.29, 0.717) is 21.5 Å². The van der Waals surface area contributed by atoms with Gasteiger partial charge in [0.15, 0.2) is 0 Å². The molecule has 0 unspecified atom stereocenters. The number of benzene rings is 1. The van der Waals surface area contributed by atoms with Crippen LogP contribution < -0.4 is 16.6 Å². The van der Waals surface area contributed by atoms with Crippen molar-refractivity contribution in [2.75, 3.05) is 6.54 Å². The summed E-state index contributed by atoms with van der Waals surface area (Å²) in [6.45, 7) is 0.203. The van der Waals surface area contributed by atoms with Crippen LogP contribution in [0.2, 0.25) is 0 Å². The number of carbonyl (C=O) groups excluding carboxylic acids is 1. The lowest BCUT2D eigenvalue weighted by atomic mass is 10.2. The summed E-state index contributed by atoms with van der Waals surface area (Å²) in [4.78, 5) is 39.4. The van der Waals surface area contributed by atoms with Gasteiger partial charge in [-0.05, 0) is 40.1 Å². The zero-order valence-electron chi connectivity index (χ0n) is 13.8. The lowest BCUT2D eigenvalue weighted by Gasteiger charge is -2.08. The van der Waals surface area contributed by atoms with Crippen molar-refractivity contribution in [1.82, 2.24) is 35.1 Å². The summed E-state index contributed by atoms with van der Waals surface area (Å²) in [6.07, 6.45) is 1.43. The molecular formula is C16H13N7O3S. The fourth-order valence-electron chi connectivity index (χ4n) is 2.63. The molecule has 3 heterocycles. The van der Waals surface area contributed by atoms with Crippen molar-refractivity contribution in [2.45, 2.75) is 6.54 Å². The molecule has 0 fully saturated rings. The van der Waals surface area contributed by atoms with E-state index in [-0.39, 0.29) is 24.6 Å². The number of fused-ring (bicyclic) bond motifs is 1. The second kappa shape index (κ2) is 6.96. The second-order valence-electron chi connectivity index (χ2n) is 5.61. The van der Waals surface area contributed by atoms with Gasteiger partial charge < -0.3 is 10.3 Å². The van der Waals surface area contributed by atoms with E-state index in [1.807, 2.05) is 0 Å². The third-order valence-electron chi connectivity index (χ3n) is 3.93. The minimum atomic E-state index is -0.499. The average molecular weight is 383 g/mol. The molecule has 11 heteroatoms. The summed E-state index contributed by atoms with van der Waals surface area (Å²) >= 11 is 1.26. The van der Waals surface area contributed by atoms with Gasteiger partial charge in [-0.15, -0.1) is 16.4 Å². The van der Waals surface area contributed by atoms with Crippen LogP contribution >= 0.6 is 11.3 Å². The Balaban J connectivity index is 1.47. The molecule has 0 spiro atoms. The van der Waals surface area contributed by atoms with Crippen molar-refractivity contribution >= 4 is 27.5 Å². The molecule has 0 saturated heterocycles. The number of nitrogens with one attached hydrogen (secondary N) is 2. The number of hydrogen-bond donors (Lipinski definition) is 2. The first-order chi connectivity index (χ1) is 13.1. The highest BCUT2D eigenvalue weighted by Crippen LogP contribution is 2.12. The van der Waals surface area contributed by atoms with Gasteiger partial charge >= 0.3 is 5.69 Å². The van der Waals surface area contributed by atoms with Crippen molar-refractivity contribution in [3.8, 4) is 5.69 Å². The van der Waals surface area contributed by atoms with Gasteiger partial charge in [-0.1, -0.05) is 6.07 Å². The summed E-state index contributed by atoms with van der Waals surface area (Å²) < 4.78 is 3.00. The van der Waals surface area contributed by atoms with Crippen LogP contribution in [-0.2, 0) is 6.54 Å². The molecule has 1 amide bonds. The first-order valence-corrected chi connectivity index (χ1v) is 8.83. The Kier molecular flexibility index (Phi) is 4.34. The van der Waals surface area contributed by atoms with Crippen LogP contribution in [0.25, 0.3) is 15.9 Å². The Morgan fingerprint density at radius 2 is 2.15 bits per heavy atom. The number of hydrogen-bond acceptors (Lipinski definition) is 7. The molecule has 136 valence electrons. The highest BCUT2D eigenvalue weighted by Gasteiger charge is 2.10. The standard InChI is InChI=1S/C16H13N7O3S/c24-14(10-2-1-3-11(8-10)23-9-18-20-21-23)17-5-6-22-15(25)13-12(4-7-27-13)19-16(22)26/h1-4,7-9H,5-6H2,(H,17,24)(H,19,26). The van der Waals surface area contributed by atoms with Crippen molar-refractivity contribution in [2.24, 2.45) is 0 Å². The fourth-order valence-corrected chi connectivity index (χ4v) is 3.42. The van der Waals surface area contributed by atoms with E-state index in [1.165, 1.54) is 22.3 Å². The van der Waals surface area contributed by atoms with E-state index in [0.717, 1.165) is 4.57 Å². The molecule has 0 aliphatic carbocycles. The van der Waals surface area contributed by atoms with Crippen molar-refractivity contribution in [3.05, 3.63) is 68.4 Å². The van der Waals surface area contributed by atoms with Gasteiger partial charge in [0.25, 0.3) is 11.5 Å². The monoisotopic (exact) mass is 383 g/mol. The van der Waals surface area contributed by atoms with E-state index in [1.54, 1.807) is 35.7 Å². The molecule has 4 rings (SSSR count). The average Bonchev–Trinajstić information content (AvgIpc) is 3.36. The number of rotatable bonds is 5. The minimum Gasteiger partial charge on any atom is -0.350 e. The van der Waals surface area contributed by atoms with E-state index in [4.69, 9.17) is 0 Å². The van der Waals surface area contributed by atoms with Crippen LogP contribution in [0.1, 0.15) is 10.4 Å². The molecule has 2 N–H and O–H groups in total. The zero-order valence-corrected chi connectivity index (χ0v) is 14.6. The Labute approximate surface area is 155 Å². The van der Waals surface area contributed by atoms with E-state index >= 15 is 0 Å². The van der Waals surface area contributed by atoms with Crippen LogP contribution in [0, 0.1) is 0 Å². The number of amides is 1. The van der Waals surface area contributed by atoms with Gasteiger partial charge in [-0.25, -0.2) is 9.48 Å². The predicted octanol–water partition coefficient (Wildman–Crippen LogP) is 0.157. The third kappa shape index (κ3) is 3.27. The first kappa shape index (κ1) is 16.8. The van der Waals surface area contributed by atoms with Gasteiger partial charge in [0.2, 0.25) is 0 Å². The maximum Gasteiger partial charge on any atom is 0.328 e. The van der Waals surface area contributed by atoms with Gasteiger partial charge in [0.05, 0.1) is 11.2 Å². The summed E-state index contributed by atoms with van der Waals surface area (Å²) in [7, 11) is 0. The van der Waals surface area contributed by atoms with Gasteiger partial charge in [0.1, 0.15) is 11.0 Å². The van der Waals surface area contributed by atoms with Crippen LogP contribution in [0.3, 0.4) is 0 Å². The number of aromatic amines is 1. The van der Waals surface area contributed by atoms with E-state index in [2.05, 4.69) is 25.8 Å². The third-order valence-corrected chi connectivity index (χ3v) is 4.84.